The number of H-pyrrole nitrogens is 1. The lowest BCUT2D eigenvalue weighted by atomic mass is 10.2. The summed E-state index contributed by atoms with van der Waals surface area (Å²) < 4.78 is 1.35. The lowest BCUT2D eigenvalue weighted by Gasteiger charge is -1.93. The van der Waals surface area contributed by atoms with Crippen molar-refractivity contribution < 1.29 is 9.90 Å². The molecule has 0 aromatic carbocycles. The van der Waals surface area contributed by atoms with E-state index in [4.69, 9.17) is 16.7 Å². The number of rotatable bonds is 3. The molecule has 16 heavy (non-hydrogen) atoms. The van der Waals surface area contributed by atoms with E-state index >= 15 is 0 Å². The van der Waals surface area contributed by atoms with Crippen molar-refractivity contribution in [1.29, 1.82) is 0 Å². The van der Waals surface area contributed by atoms with Gasteiger partial charge in [-0.15, -0.1) is 11.3 Å². The number of hydrogen-bond acceptors (Lipinski definition) is 3. The maximum Gasteiger partial charge on any atom is 0.309 e. The summed E-state index contributed by atoms with van der Waals surface area (Å²) in [7, 11) is 0. The molecular weight excluding hydrogens is 316 g/mol. The van der Waals surface area contributed by atoms with Crippen LogP contribution in [-0.4, -0.2) is 21.3 Å². The first-order valence-electron chi connectivity index (χ1n) is 4.28. The predicted molar refractivity (Wildman–Crippen MR) is 66.0 cm³/mol. The van der Waals surface area contributed by atoms with Crippen molar-refractivity contribution >= 4 is 44.8 Å². The Hall–Kier alpha value is -0.850. The fourth-order valence-corrected chi connectivity index (χ4v) is 2.94. The Morgan fingerprint density at radius 1 is 1.62 bits per heavy atom. The van der Waals surface area contributed by atoms with Gasteiger partial charge in [-0.1, -0.05) is 11.6 Å². The number of carboxylic acid groups (broad SMARTS) is 1. The molecule has 2 heterocycles. The third-order valence-corrected chi connectivity index (χ3v) is 4.00. The Labute approximate surface area is 108 Å². The smallest absolute Gasteiger partial charge is 0.309 e. The van der Waals surface area contributed by atoms with Crippen molar-refractivity contribution in [1.82, 2.24) is 10.2 Å². The first kappa shape index (κ1) is 11.6. The van der Waals surface area contributed by atoms with Crippen LogP contribution in [0.4, 0.5) is 0 Å². The summed E-state index contributed by atoms with van der Waals surface area (Å²) in [5, 5.41) is 15.5. The number of carbonyl (C=O) groups is 1. The van der Waals surface area contributed by atoms with Gasteiger partial charge in [0.05, 0.1) is 25.8 Å². The van der Waals surface area contributed by atoms with E-state index in [0.29, 0.717) is 20.2 Å². The molecule has 0 unspecified atom stereocenters. The third-order valence-electron chi connectivity index (χ3n) is 1.91. The summed E-state index contributed by atoms with van der Waals surface area (Å²) in [5.74, 6) is -0.903. The molecule has 0 saturated carbocycles. The van der Waals surface area contributed by atoms with Crippen LogP contribution in [0.5, 0.6) is 0 Å². The van der Waals surface area contributed by atoms with Gasteiger partial charge in [0.15, 0.2) is 0 Å². The number of halogens is 2. The van der Waals surface area contributed by atoms with Gasteiger partial charge in [-0.25, -0.2) is 0 Å². The van der Waals surface area contributed by atoms with Crippen LogP contribution in [0.1, 0.15) is 5.69 Å². The summed E-state index contributed by atoms with van der Waals surface area (Å²) in [6.07, 6.45) is -0.0906. The molecule has 0 aliphatic carbocycles. The average molecular weight is 322 g/mol. The first-order valence-corrected chi connectivity index (χ1v) is 6.27. The van der Waals surface area contributed by atoms with Crippen molar-refractivity contribution in [3.63, 3.8) is 0 Å². The van der Waals surface area contributed by atoms with Gasteiger partial charge in [0.25, 0.3) is 0 Å². The maximum atomic E-state index is 10.6. The summed E-state index contributed by atoms with van der Waals surface area (Å²) >= 11 is 10.5. The largest absolute Gasteiger partial charge is 0.481 e. The Morgan fingerprint density at radius 3 is 2.94 bits per heavy atom. The Bertz CT molecular complexity index is 537. The highest BCUT2D eigenvalue weighted by atomic mass is 79.9. The van der Waals surface area contributed by atoms with Crippen molar-refractivity contribution in [2.24, 2.45) is 0 Å². The molecule has 0 aliphatic rings. The van der Waals surface area contributed by atoms with Gasteiger partial charge in [-0.05, 0) is 28.1 Å². The van der Waals surface area contributed by atoms with E-state index in [2.05, 4.69) is 26.1 Å². The number of aromatic nitrogens is 2. The lowest BCUT2D eigenvalue weighted by molar-refractivity contribution is -0.136. The second kappa shape index (κ2) is 4.57. The molecule has 0 aliphatic heterocycles. The van der Waals surface area contributed by atoms with E-state index in [-0.39, 0.29) is 6.42 Å². The molecule has 0 saturated heterocycles. The van der Waals surface area contributed by atoms with E-state index in [1.165, 1.54) is 11.3 Å². The van der Waals surface area contributed by atoms with Crippen LogP contribution in [0.25, 0.3) is 10.6 Å². The average Bonchev–Trinajstić information content (AvgIpc) is 2.74. The van der Waals surface area contributed by atoms with Crippen LogP contribution in [0, 0.1) is 0 Å². The molecule has 0 fully saturated rings. The monoisotopic (exact) mass is 320 g/mol. The lowest BCUT2D eigenvalue weighted by Crippen LogP contribution is -2.00. The predicted octanol–water partition coefficient (Wildman–Crippen LogP) is 3.18. The molecule has 4 nitrogen and oxygen atoms in total. The molecule has 0 atom stereocenters. The molecule has 2 aromatic rings. The number of nitrogens with zero attached hydrogens (tertiary/aromatic N) is 1. The minimum atomic E-state index is -0.903. The molecule has 0 amide bonds. The van der Waals surface area contributed by atoms with Crippen molar-refractivity contribution in [2.45, 2.75) is 6.42 Å². The van der Waals surface area contributed by atoms with Gasteiger partial charge in [0.1, 0.15) is 5.69 Å². The van der Waals surface area contributed by atoms with Gasteiger partial charge in [0.2, 0.25) is 0 Å². The summed E-state index contributed by atoms with van der Waals surface area (Å²) in [5.41, 5.74) is 1.24. The van der Waals surface area contributed by atoms with Gasteiger partial charge in [-0.3, -0.25) is 9.89 Å². The first-order chi connectivity index (χ1) is 7.58. The molecule has 0 spiro atoms. The molecule has 2 rings (SSSR count). The summed E-state index contributed by atoms with van der Waals surface area (Å²) in [6, 6.07) is 3.62. The van der Waals surface area contributed by atoms with Crippen molar-refractivity contribution in [3.05, 3.63) is 26.6 Å². The molecule has 0 bridgehead atoms. The van der Waals surface area contributed by atoms with E-state index in [1.807, 2.05) is 6.07 Å². The molecular formula is C9H6BrClN2O2S. The SMILES string of the molecule is O=C(O)Cc1[nH]nc(-c2ccc(Cl)s2)c1Br. The number of thiophene rings is 1. The zero-order chi connectivity index (χ0) is 11.7. The summed E-state index contributed by atoms with van der Waals surface area (Å²) in [4.78, 5) is 11.5. The Balaban J connectivity index is 2.36. The number of carboxylic acids is 1. The minimum absolute atomic E-state index is 0.0906. The molecule has 84 valence electrons. The standard InChI is InChI=1S/C9H6BrClN2O2S/c10-8-4(3-7(14)15)12-13-9(8)5-1-2-6(11)16-5/h1-2H,3H2,(H,12,13)(H,14,15). The highest BCUT2D eigenvalue weighted by Gasteiger charge is 2.15. The van der Waals surface area contributed by atoms with Gasteiger partial charge in [0, 0.05) is 0 Å². The number of aromatic amines is 1. The third kappa shape index (κ3) is 2.28. The normalized spacial score (nSPS) is 10.6. The van der Waals surface area contributed by atoms with Crippen molar-refractivity contribution in [2.75, 3.05) is 0 Å². The number of nitrogens with one attached hydrogen (secondary N) is 1. The summed E-state index contributed by atoms with van der Waals surface area (Å²) in [6.45, 7) is 0. The van der Waals surface area contributed by atoms with Crippen LogP contribution >= 0.6 is 38.9 Å². The second-order valence-electron chi connectivity index (χ2n) is 3.04. The zero-order valence-corrected chi connectivity index (χ0v) is 11.0. The highest BCUT2D eigenvalue weighted by Crippen LogP contribution is 2.35. The van der Waals surface area contributed by atoms with Crippen LogP contribution in [-0.2, 0) is 11.2 Å². The van der Waals surface area contributed by atoms with Crippen LogP contribution in [0.15, 0.2) is 16.6 Å². The zero-order valence-electron chi connectivity index (χ0n) is 7.83. The highest BCUT2D eigenvalue weighted by molar-refractivity contribution is 9.10. The van der Waals surface area contributed by atoms with E-state index in [0.717, 1.165) is 4.88 Å². The molecule has 2 aromatic heterocycles. The fourth-order valence-electron chi connectivity index (χ4n) is 1.24. The van der Waals surface area contributed by atoms with Gasteiger partial charge < -0.3 is 5.11 Å². The van der Waals surface area contributed by atoms with Gasteiger partial charge in [-0.2, -0.15) is 5.10 Å². The van der Waals surface area contributed by atoms with Crippen LogP contribution in [0.3, 0.4) is 0 Å². The van der Waals surface area contributed by atoms with E-state index in [1.54, 1.807) is 6.07 Å². The van der Waals surface area contributed by atoms with Gasteiger partial charge >= 0.3 is 5.97 Å². The molecule has 2 N–H and O–H groups in total. The van der Waals surface area contributed by atoms with Crippen LogP contribution in [0.2, 0.25) is 4.34 Å². The molecule has 7 heteroatoms. The van der Waals surface area contributed by atoms with E-state index in [9.17, 15) is 4.79 Å². The van der Waals surface area contributed by atoms with Crippen molar-refractivity contribution in [3.8, 4) is 10.6 Å². The quantitative estimate of drug-likeness (QED) is 0.912. The minimum Gasteiger partial charge on any atom is -0.481 e. The molecule has 0 radical (unpaired) electrons. The number of hydrogen-bond donors (Lipinski definition) is 2. The van der Waals surface area contributed by atoms with Crippen LogP contribution < -0.4 is 0 Å². The Kier molecular flexibility index (Phi) is 3.32. The topological polar surface area (TPSA) is 66.0 Å². The fraction of sp³-hybridized carbons (Fsp3) is 0.111. The second-order valence-corrected chi connectivity index (χ2v) is 5.55. The number of aliphatic carboxylic acids is 1. The maximum absolute atomic E-state index is 10.6. The Morgan fingerprint density at radius 2 is 2.38 bits per heavy atom. The van der Waals surface area contributed by atoms with E-state index < -0.39 is 5.97 Å².